The quantitative estimate of drug-likeness (QED) is 0.464. The van der Waals surface area contributed by atoms with Crippen LogP contribution in [0.2, 0.25) is 0 Å². The number of rotatable bonds is 1. The molecule has 0 fully saturated rings. The molecule has 0 aliphatic carbocycles. The summed E-state index contributed by atoms with van der Waals surface area (Å²) in [5, 5.41) is 6.08. The van der Waals surface area contributed by atoms with Gasteiger partial charge in [0.15, 0.2) is 10.2 Å². The predicted molar refractivity (Wildman–Crippen MR) is 46.2 cm³/mol. The van der Waals surface area contributed by atoms with Crippen LogP contribution in [0.1, 0.15) is 6.92 Å². The highest BCUT2D eigenvalue weighted by atomic mass is 32.1. The summed E-state index contributed by atoms with van der Waals surface area (Å²) in [6, 6.07) is 0. The van der Waals surface area contributed by atoms with Gasteiger partial charge >= 0.3 is 0 Å². The van der Waals surface area contributed by atoms with Gasteiger partial charge in [-0.3, -0.25) is 0 Å². The van der Waals surface area contributed by atoms with Crippen LogP contribution >= 0.6 is 24.4 Å². The minimum atomic E-state index is 0.195. The topological polar surface area (TPSA) is 50.1 Å². The third-order valence-corrected chi connectivity index (χ3v) is 0.923. The monoisotopic (exact) mass is 163 g/mol. The maximum absolute atomic E-state index is 5.12. The molecule has 0 aromatic carbocycles. The Hall–Kier alpha value is -0.420. The van der Waals surface area contributed by atoms with Crippen molar-refractivity contribution in [2.45, 2.75) is 6.92 Å². The Morgan fingerprint density at radius 1 is 1.56 bits per heavy atom. The van der Waals surface area contributed by atoms with E-state index in [2.05, 4.69) is 22.9 Å². The van der Waals surface area contributed by atoms with Crippen LogP contribution in [0.25, 0.3) is 0 Å². The van der Waals surface area contributed by atoms with E-state index < -0.39 is 0 Å². The minimum Gasteiger partial charge on any atom is -0.376 e. The maximum Gasteiger partial charge on any atom is 0.172 e. The van der Waals surface area contributed by atoms with Gasteiger partial charge in [-0.15, -0.1) is 0 Å². The molecule has 0 rings (SSSR count). The Balaban J connectivity index is 3.39. The standard InChI is InChI=1S/C4H9N3S2/c1-2-6-4(9)7-3(5)8/h2H2,1H3,(H4,5,6,7,8,9). The second-order valence-electron chi connectivity index (χ2n) is 1.35. The van der Waals surface area contributed by atoms with Crippen LogP contribution in [0.4, 0.5) is 0 Å². The molecule has 0 heterocycles. The van der Waals surface area contributed by atoms with Crippen LogP contribution in [-0.4, -0.2) is 16.8 Å². The number of hydrogen-bond acceptors (Lipinski definition) is 2. The first kappa shape index (κ1) is 8.58. The molecule has 0 saturated carbocycles. The summed E-state index contributed by atoms with van der Waals surface area (Å²) in [6.07, 6.45) is 0. The molecule has 9 heavy (non-hydrogen) atoms. The van der Waals surface area contributed by atoms with Crippen molar-refractivity contribution in [1.82, 2.24) is 10.6 Å². The van der Waals surface area contributed by atoms with E-state index in [-0.39, 0.29) is 5.11 Å². The SMILES string of the molecule is CCNC(=S)NC(N)=S. The molecule has 0 unspecified atom stereocenters. The molecule has 0 aliphatic rings. The summed E-state index contributed by atoms with van der Waals surface area (Å²) in [5.74, 6) is 0. The van der Waals surface area contributed by atoms with Gasteiger partial charge in [0.2, 0.25) is 0 Å². The summed E-state index contributed by atoms with van der Waals surface area (Å²) in [5.41, 5.74) is 5.12. The van der Waals surface area contributed by atoms with Gasteiger partial charge in [0.1, 0.15) is 0 Å². The summed E-state index contributed by atoms with van der Waals surface area (Å²) in [6.45, 7) is 2.71. The largest absolute Gasteiger partial charge is 0.376 e. The van der Waals surface area contributed by atoms with Crippen molar-refractivity contribution >= 4 is 34.7 Å². The molecule has 5 heteroatoms. The third-order valence-electron chi connectivity index (χ3n) is 0.574. The van der Waals surface area contributed by atoms with Gasteiger partial charge in [-0.25, -0.2) is 0 Å². The van der Waals surface area contributed by atoms with Crippen molar-refractivity contribution in [1.29, 1.82) is 0 Å². The fraction of sp³-hybridized carbons (Fsp3) is 0.500. The molecule has 0 spiro atoms. The molecule has 52 valence electrons. The van der Waals surface area contributed by atoms with Gasteiger partial charge in [-0.2, -0.15) is 0 Å². The number of hydrogen-bond donors (Lipinski definition) is 3. The van der Waals surface area contributed by atoms with Crippen molar-refractivity contribution in [3.63, 3.8) is 0 Å². The van der Waals surface area contributed by atoms with Gasteiger partial charge in [-0.05, 0) is 31.4 Å². The van der Waals surface area contributed by atoms with Crippen molar-refractivity contribution in [2.24, 2.45) is 5.73 Å². The van der Waals surface area contributed by atoms with Gasteiger partial charge < -0.3 is 16.4 Å². The fourth-order valence-corrected chi connectivity index (χ4v) is 0.738. The zero-order chi connectivity index (χ0) is 7.28. The van der Waals surface area contributed by atoms with E-state index in [1.165, 1.54) is 0 Å². The van der Waals surface area contributed by atoms with Crippen molar-refractivity contribution in [3.05, 3.63) is 0 Å². The lowest BCUT2D eigenvalue weighted by Gasteiger charge is -2.04. The normalized spacial score (nSPS) is 8.11. The second kappa shape index (κ2) is 4.46. The highest BCUT2D eigenvalue weighted by Gasteiger charge is 1.90. The molecular weight excluding hydrogens is 154 g/mol. The molecule has 3 nitrogen and oxygen atoms in total. The average molecular weight is 163 g/mol. The zero-order valence-electron chi connectivity index (χ0n) is 5.10. The van der Waals surface area contributed by atoms with Crippen LogP contribution in [0, 0.1) is 0 Å². The Morgan fingerprint density at radius 2 is 2.11 bits per heavy atom. The summed E-state index contributed by atoms with van der Waals surface area (Å²) >= 11 is 9.26. The smallest absolute Gasteiger partial charge is 0.172 e. The van der Waals surface area contributed by atoms with Gasteiger partial charge in [0.25, 0.3) is 0 Å². The van der Waals surface area contributed by atoms with Crippen LogP contribution in [0.15, 0.2) is 0 Å². The van der Waals surface area contributed by atoms with E-state index in [1.807, 2.05) is 6.92 Å². The molecule has 0 aromatic heterocycles. The molecule has 0 bridgehead atoms. The first-order chi connectivity index (χ1) is 4.16. The predicted octanol–water partition coefficient (Wildman–Crippen LogP) is -0.286. The van der Waals surface area contributed by atoms with Gasteiger partial charge in [0, 0.05) is 6.54 Å². The summed E-state index contributed by atoms with van der Waals surface area (Å²) in [4.78, 5) is 0. The van der Waals surface area contributed by atoms with E-state index in [0.29, 0.717) is 5.11 Å². The van der Waals surface area contributed by atoms with E-state index in [1.54, 1.807) is 0 Å². The number of thiocarbonyl (C=S) groups is 2. The summed E-state index contributed by atoms with van der Waals surface area (Å²) < 4.78 is 0. The van der Waals surface area contributed by atoms with Gasteiger partial charge in [-0.1, -0.05) is 0 Å². The zero-order valence-corrected chi connectivity index (χ0v) is 6.73. The minimum absolute atomic E-state index is 0.195. The first-order valence-electron chi connectivity index (χ1n) is 2.51. The first-order valence-corrected chi connectivity index (χ1v) is 3.32. The lowest BCUT2D eigenvalue weighted by molar-refractivity contribution is 0.957. The molecule has 4 N–H and O–H groups in total. The van der Waals surface area contributed by atoms with E-state index in [9.17, 15) is 0 Å². The Kier molecular flexibility index (Phi) is 4.25. The fourth-order valence-electron chi connectivity index (χ4n) is 0.317. The van der Waals surface area contributed by atoms with E-state index in [0.717, 1.165) is 6.54 Å². The highest BCUT2D eigenvalue weighted by Crippen LogP contribution is 1.64. The number of nitrogens with two attached hydrogens (primary N) is 1. The molecule has 0 radical (unpaired) electrons. The van der Waals surface area contributed by atoms with Crippen LogP contribution in [0.5, 0.6) is 0 Å². The molecule has 0 amide bonds. The maximum atomic E-state index is 5.12. The molecule has 0 atom stereocenters. The molecule has 0 saturated heterocycles. The Labute approximate surface area is 65.0 Å². The van der Waals surface area contributed by atoms with Crippen LogP contribution < -0.4 is 16.4 Å². The van der Waals surface area contributed by atoms with Crippen molar-refractivity contribution < 1.29 is 0 Å². The van der Waals surface area contributed by atoms with Crippen molar-refractivity contribution in [3.8, 4) is 0 Å². The molecular formula is C4H9N3S2. The van der Waals surface area contributed by atoms with E-state index in [4.69, 9.17) is 18.0 Å². The molecule has 0 aliphatic heterocycles. The Bertz CT molecular complexity index is 123. The average Bonchev–Trinajstić information content (AvgIpc) is 1.63. The molecule has 0 aromatic rings. The van der Waals surface area contributed by atoms with Gasteiger partial charge in [0.05, 0.1) is 0 Å². The number of nitrogens with one attached hydrogen (secondary N) is 2. The highest BCUT2D eigenvalue weighted by molar-refractivity contribution is 7.81. The van der Waals surface area contributed by atoms with Crippen LogP contribution in [0.3, 0.4) is 0 Å². The van der Waals surface area contributed by atoms with Crippen molar-refractivity contribution in [2.75, 3.05) is 6.54 Å². The van der Waals surface area contributed by atoms with Crippen LogP contribution in [-0.2, 0) is 0 Å². The third kappa shape index (κ3) is 5.45. The Morgan fingerprint density at radius 3 is 2.44 bits per heavy atom. The lowest BCUT2D eigenvalue weighted by atomic mass is 10.7. The summed E-state index contributed by atoms with van der Waals surface area (Å²) in [7, 11) is 0. The van der Waals surface area contributed by atoms with E-state index >= 15 is 0 Å². The lowest BCUT2D eigenvalue weighted by Crippen LogP contribution is -2.41. The second-order valence-corrected chi connectivity index (χ2v) is 2.20.